The summed E-state index contributed by atoms with van der Waals surface area (Å²) in [5.41, 5.74) is -0.168. The van der Waals surface area contributed by atoms with Crippen molar-refractivity contribution in [2.75, 3.05) is 0 Å². The Morgan fingerprint density at radius 3 is 2.55 bits per heavy atom. The molecule has 0 N–H and O–H groups in total. The summed E-state index contributed by atoms with van der Waals surface area (Å²) < 4.78 is 53.7. The third-order valence-corrected chi connectivity index (χ3v) is 2.33. The van der Waals surface area contributed by atoms with Gasteiger partial charge >= 0.3 is 6.36 Å². The minimum absolute atomic E-state index is 0.0245. The number of halogens is 4. The molecule has 0 radical (unpaired) electrons. The second kappa shape index (κ2) is 5.28. The normalized spacial score (nSPS) is 11.2. The molecule has 0 amide bonds. The molecule has 3 nitrogen and oxygen atoms in total. The number of ether oxygens (including phenoxy) is 1. The Labute approximate surface area is 110 Å². The number of pyridine rings is 1. The molecule has 7 heteroatoms. The first kappa shape index (κ1) is 14.0. The summed E-state index contributed by atoms with van der Waals surface area (Å²) in [7, 11) is 0. The largest absolute Gasteiger partial charge is 0.573 e. The van der Waals surface area contributed by atoms with Crippen LogP contribution in [-0.2, 0) is 0 Å². The predicted molar refractivity (Wildman–Crippen MR) is 61.7 cm³/mol. The number of hydrogen-bond donors (Lipinski definition) is 0. The first-order valence-electron chi connectivity index (χ1n) is 5.37. The molecular weight excluding hydrogens is 278 g/mol. The van der Waals surface area contributed by atoms with E-state index in [-0.39, 0.29) is 17.0 Å². The zero-order valence-electron chi connectivity index (χ0n) is 9.82. The number of alkyl halides is 3. The second-order valence-electron chi connectivity index (χ2n) is 3.76. The Balaban J connectivity index is 2.43. The molecule has 2 aromatic rings. The molecule has 0 bridgehead atoms. The number of aromatic nitrogens is 1. The summed E-state index contributed by atoms with van der Waals surface area (Å²) in [6.45, 7) is 0. The number of aldehydes is 1. The minimum Gasteiger partial charge on any atom is -0.406 e. The lowest BCUT2D eigenvalue weighted by atomic mass is 10.1. The number of hydrogen-bond acceptors (Lipinski definition) is 3. The Kier molecular flexibility index (Phi) is 3.69. The molecular formula is C13H7F4NO2. The summed E-state index contributed by atoms with van der Waals surface area (Å²) in [5.74, 6) is -1.24. The maximum atomic E-state index is 13.6. The van der Waals surface area contributed by atoms with Crippen LogP contribution >= 0.6 is 0 Å². The van der Waals surface area contributed by atoms with Crippen molar-refractivity contribution in [3.8, 4) is 17.0 Å². The van der Waals surface area contributed by atoms with E-state index in [9.17, 15) is 22.4 Å². The Morgan fingerprint density at radius 2 is 1.90 bits per heavy atom. The molecule has 1 heterocycles. The third-order valence-electron chi connectivity index (χ3n) is 2.33. The highest BCUT2D eigenvalue weighted by atomic mass is 19.4. The van der Waals surface area contributed by atoms with Crippen LogP contribution in [0.3, 0.4) is 0 Å². The van der Waals surface area contributed by atoms with Gasteiger partial charge < -0.3 is 4.74 Å². The van der Waals surface area contributed by atoms with Gasteiger partial charge in [0, 0.05) is 5.56 Å². The first-order chi connectivity index (χ1) is 9.39. The molecule has 2 rings (SSSR count). The van der Waals surface area contributed by atoms with E-state index in [4.69, 9.17) is 0 Å². The van der Waals surface area contributed by atoms with Gasteiger partial charge in [0.2, 0.25) is 0 Å². The highest BCUT2D eigenvalue weighted by molar-refractivity contribution is 5.74. The van der Waals surface area contributed by atoms with E-state index in [2.05, 4.69) is 9.72 Å². The fraction of sp³-hybridized carbons (Fsp3) is 0.0769. The van der Waals surface area contributed by atoms with Crippen LogP contribution < -0.4 is 4.74 Å². The van der Waals surface area contributed by atoms with Gasteiger partial charge in [-0.15, -0.1) is 13.2 Å². The molecule has 0 atom stereocenters. The number of rotatable bonds is 3. The quantitative estimate of drug-likeness (QED) is 0.639. The molecule has 1 aromatic carbocycles. The fourth-order valence-corrected chi connectivity index (χ4v) is 1.57. The zero-order valence-corrected chi connectivity index (χ0v) is 9.82. The molecule has 0 aliphatic rings. The second-order valence-corrected chi connectivity index (χ2v) is 3.76. The highest BCUT2D eigenvalue weighted by Crippen LogP contribution is 2.28. The first-order valence-corrected chi connectivity index (χ1v) is 5.37. The SMILES string of the molecule is O=Cc1ccc(F)c(-c2cccc(OC(F)(F)F)c2)n1. The molecule has 0 saturated carbocycles. The van der Waals surface area contributed by atoms with E-state index in [1.54, 1.807) is 0 Å². The lowest BCUT2D eigenvalue weighted by Gasteiger charge is -2.10. The average Bonchev–Trinajstić information content (AvgIpc) is 2.37. The number of nitrogens with zero attached hydrogens (tertiary/aromatic N) is 1. The molecule has 20 heavy (non-hydrogen) atoms. The van der Waals surface area contributed by atoms with Gasteiger partial charge in [-0.2, -0.15) is 0 Å². The summed E-state index contributed by atoms with van der Waals surface area (Å²) in [5, 5.41) is 0. The van der Waals surface area contributed by atoms with Crippen LogP contribution in [0.15, 0.2) is 36.4 Å². The van der Waals surface area contributed by atoms with Gasteiger partial charge in [0.25, 0.3) is 0 Å². The van der Waals surface area contributed by atoms with Crippen LogP contribution in [0.4, 0.5) is 17.6 Å². The van der Waals surface area contributed by atoms with Gasteiger partial charge in [0.05, 0.1) is 0 Å². The van der Waals surface area contributed by atoms with Crippen molar-refractivity contribution in [3.05, 3.63) is 47.9 Å². The summed E-state index contributed by atoms with van der Waals surface area (Å²) in [4.78, 5) is 14.3. The lowest BCUT2D eigenvalue weighted by Crippen LogP contribution is -2.17. The van der Waals surface area contributed by atoms with Crippen LogP contribution in [-0.4, -0.2) is 17.6 Å². The van der Waals surface area contributed by atoms with Crippen LogP contribution in [0.2, 0.25) is 0 Å². The molecule has 0 saturated heterocycles. The van der Waals surface area contributed by atoms with Crippen molar-refractivity contribution in [2.24, 2.45) is 0 Å². The topological polar surface area (TPSA) is 39.2 Å². The van der Waals surface area contributed by atoms with Gasteiger partial charge in [-0.3, -0.25) is 4.79 Å². The Hall–Kier alpha value is -2.44. The molecule has 104 valence electrons. The third kappa shape index (κ3) is 3.31. The van der Waals surface area contributed by atoms with Crippen LogP contribution in [0.1, 0.15) is 10.5 Å². The van der Waals surface area contributed by atoms with Gasteiger partial charge in [-0.1, -0.05) is 12.1 Å². The Morgan fingerprint density at radius 1 is 1.15 bits per heavy atom. The Bertz CT molecular complexity index is 641. The summed E-state index contributed by atoms with van der Waals surface area (Å²) in [6.07, 6.45) is -4.42. The van der Waals surface area contributed by atoms with Crippen molar-refractivity contribution < 1.29 is 27.1 Å². The van der Waals surface area contributed by atoms with E-state index in [1.807, 2.05) is 0 Å². The van der Waals surface area contributed by atoms with E-state index in [0.717, 1.165) is 18.2 Å². The summed E-state index contributed by atoms with van der Waals surface area (Å²) in [6, 6.07) is 6.89. The van der Waals surface area contributed by atoms with Gasteiger partial charge in [-0.25, -0.2) is 9.37 Å². The van der Waals surface area contributed by atoms with E-state index in [1.165, 1.54) is 18.2 Å². The molecule has 1 aromatic heterocycles. The minimum atomic E-state index is -4.84. The van der Waals surface area contributed by atoms with Crippen LogP contribution in [0.25, 0.3) is 11.3 Å². The summed E-state index contributed by atoms with van der Waals surface area (Å²) >= 11 is 0. The predicted octanol–water partition coefficient (Wildman–Crippen LogP) is 3.60. The molecule has 0 spiro atoms. The van der Waals surface area contributed by atoms with Crippen LogP contribution in [0.5, 0.6) is 5.75 Å². The number of carbonyl (C=O) groups excluding carboxylic acids is 1. The monoisotopic (exact) mass is 285 g/mol. The highest BCUT2D eigenvalue weighted by Gasteiger charge is 2.31. The molecule has 0 fully saturated rings. The number of carbonyl (C=O) groups is 1. The number of benzene rings is 1. The van der Waals surface area contributed by atoms with Crippen molar-refractivity contribution in [3.63, 3.8) is 0 Å². The molecule has 0 unspecified atom stereocenters. The average molecular weight is 285 g/mol. The fourth-order valence-electron chi connectivity index (χ4n) is 1.57. The van der Waals surface area contributed by atoms with Gasteiger partial charge in [0.1, 0.15) is 23.0 Å². The maximum Gasteiger partial charge on any atom is 0.573 e. The van der Waals surface area contributed by atoms with Crippen molar-refractivity contribution in [1.29, 1.82) is 0 Å². The smallest absolute Gasteiger partial charge is 0.406 e. The zero-order chi connectivity index (χ0) is 14.8. The molecule has 0 aliphatic carbocycles. The lowest BCUT2D eigenvalue weighted by molar-refractivity contribution is -0.274. The molecule has 0 aliphatic heterocycles. The standard InChI is InChI=1S/C13H7F4NO2/c14-11-5-4-9(7-19)18-12(11)8-2-1-3-10(6-8)20-13(15,16)17/h1-7H. The van der Waals surface area contributed by atoms with Crippen molar-refractivity contribution >= 4 is 6.29 Å². The van der Waals surface area contributed by atoms with Crippen molar-refractivity contribution in [1.82, 2.24) is 4.98 Å². The van der Waals surface area contributed by atoms with Crippen molar-refractivity contribution in [2.45, 2.75) is 6.36 Å². The van der Waals surface area contributed by atoms with E-state index >= 15 is 0 Å². The van der Waals surface area contributed by atoms with E-state index in [0.29, 0.717) is 6.29 Å². The van der Waals surface area contributed by atoms with Gasteiger partial charge in [0.15, 0.2) is 6.29 Å². The maximum absolute atomic E-state index is 13.6. The van der Waals surface area contributed by atoms with Crippen LogP contribution in [0, 0.1) is 5.82 Å². The van der Waals surface area contributed by atoms with E-state index < -0.39 is 17.9 Å². The van der Waals surface area contributed by atoms with Gasteiger partial charge in [-0.05, 0) is 24.3 Å².